The van der Waals surface area contributed by atoms with Gasteiger partial charge in [-0.15, -0.1) is 0 Å². The molecule has 0 aromatic heterocycles. The Morgan fingerprint density at radius 2 is 1.65 bits per heavy atom. The molecule has 8 nitrogen and oxygen atoms in total. The Bertz CT molecular complexity index is 1440. The first kappa shape index (κ1) is 27.4. The van der Waals surface area contributed by atoms with Crippen LogP contribution in [0.25, 0.3) is 11.1 Å². The molecule has 0 radical (unpaired) electrons. The van der Waals surface area contributed by atoms with Crippen molar-refractivity contribution in [2.45, 2.75) is 17.6 Å². The van der Waals surface area contributed by atoms with Crippen molar-refractivity contribution in [1.29, 1.82) is 5.41 Å². The number of nitrogens with two attached hydrogens (primary N) is 1. The van der Waals surface area contributed by atoms with E-state index in [0.29, 0.717) is 16.0 Å². The predicted octanol–water partition coefficient (Wildman–Crippen LogP) is 3.57. The van der Waals surface area contributed by atoms with Crippen LogP contribution in [0.5, 0.6) is 0 Å². The fourth-order valence-electron chi connectivity index (χ4n) is 3.56. The Hall–Kier alpha value is -4.19. The van der Waals surface area contributed by atoms with Gasteiger partial charge in [-0.2, -0.15) is 13.2 Å². The van der Waals surface area contributed by atoms with E-state index in [4.69, 9.17) is 11.1 Å². The summed E-state index contributed by atoms with van der Waals surface area (Å²) in [4.78, 5) is 25.7. The lowest BCUT2D eigenvalue weighted by atomic mass is 10.1. The molecule has 4 N–H and O–H groups in total. The number of amides is 2. The molecule has 12 heteroatoms. The minimum Gasteiger partial charge on any atom is -0.384 e. The highest BCUT2D eigenvalue weighted by atomic mass is 32.2. The second kappa shape index (κ2) is 10.8. The molecule has 194 valence electrons. The average Bonchev–Trinajstić information content (AvgIpc) is 2.82. The van der Waals surface area contributed by atoms with Crippen LogP contribution in [-0.2, 0) is 26.0 Å². The quantitative estimate of drug-likeness (QED) is 0.243. The lowest BCUT2D eigenvalue weighted by Gasteiger charge is -2.23. The van der Waals surface area contributed by atoms with E-state index in [2.05, 4.69) is 5.32 Å². The molecular weight excluding hydrogens is 509 g/mol. The Balaban J connectivity index is 1.79. The van der Waals surface area contributed by atoms with Crippen LogP contribution in [0.1, 0.15) is 11.1 Å². The first-order valence-electron chi connectivity index (χ1n) is 10.7. The summed E-state index contributed by atoms with van der Waals surface area (Å²) in [5.41, 5.74) is 7.02. The number of rotatable bonds is 7. The third-order valence-corrected chi connectivity index (χ3v) is 6.36. The van der Waals surface area contributed by atoms with E-state index in [0.717, 1.165) is 6.26 Å². The molecule has 37 heavy (non-hydrogen) atoms. The molecule has 0 aliphatic rings. The van der Waals surface area contributed by atoms with Gasteiger partial charge in [0, 0.05) is 29.6 Å². The topological polar surface area (TPSA) is 133 Å². The van der Waals surface area contributed by atoms with E-state index in [-0.39, 0.29) is 27.5 Å². The third kappa shape index (κ3) is 7.40. The van der Waals surface area contributed by atoms with Gasteiger partial charge < -0.3 is 16.0 Å². The summed E-state index contributed by atoms with van der Waals surface area (Å²) in [6, 6.07) is 18.0. The van der Waals surface area contributed by atoms with Crippen LogP contribution in [-0.4, -0.2) is 49.9 Å². The van der Waals surface area contributed by atoms with Crippen molar-refractivity contribution in [3.63, 3.8) is 0 Å². The van der Waals surface area contributed by atoms with Crippen molar-refractivity contribution in [3.05, 3.63) is 83.9 Å². The van der Waals surface area contributed by atoms with Crippen LogP contribution >= 0.6 is 0 Å². The molecular formula is C25H23F3N4O4S. The van der Waals surface area contributed by atoms with Gasteiger partial charge in [-0.1, -0.05) is 48.5 Å². The molecule has 0 heterocycles. The molecule has 0 bridgehead atoms. The summed E-state index contributed by atoms with van der Waals surface area (Å²) in [6.07, 6.45) is -3.68. The van der Waals surface area contributed by atoms with Crippen LogP contribution in [0, 0.1) is 5.41 Å². The largest absolute Gasteiger partial charge is 0.406 e. The van der Waals surface area contributed by atoms with Crippen molar-refractivity contribution in [1.82, 2.24) is 4.90 Å². The number of anilines is 1. The first-order chi connectivity index (χ1) is 17.2. The maximum absolute atomic E-state index is 13.2. The number of hydrogen-bond acceptors (Lipinski definition) is 5. The number of amidine groups is 1. The number of nitrogens with one attached hydrogen (secondary N) is 2. The summed E-state index contributed by atoms with van der Waals surface area (Å²) < 4.78 is 63.6. The van der Waals surface area contributed by atoms with Gasteiger partial charge in [-0.05, 0) is 35.4 Å². The number of benzene rings is 3. The van der Waals surface area contributed by atoms with E-state index < -0.39 is 40.9 Å². The third-order valence-electron chi connectivity index (χ3n) is 5.20. The van der Waals surface area contributed by atoms with Gasteiger partial charge in [0.1, 0.15) is 12.4 Å². The highest BCUT2D eigenvalue weighted by Gasteiger charge is 2.35. The number of nitrogen functional groups attached to an aromatic ring is 1. The Morgan fingerprint density at radius 1 is 1.00 bits per heavy atom. The van der Waals surface area contributed by atoms with Crippen LogP contribution in [0.4, 0.5) is 18.9 Å². The number of alkyl halides is 3. The maximum Gasteiger partial charge on any atom is 0.406 e. The van der Waals surface area contributed by atoms with Crippen LogP contribution < -0.4 is 11.1 Å². The molecule has 3 rings (SSSR count). The summed E-state index contributed by atoms with van der Waals surface area (Å²) in [5.74, 6) is -2.98. The normalized spacial score (nSPS) is 11.6. The second-order valence-electron chi connectivity index (χ2n) is 8.19. The molecule has 0 unspecified atom stereocenters. The van der Waals surface area contributed by atoms with Gasteiger partial charge in [-0.3, -0.25) is 15.0 Å². The summed E-state index contributed by atoms with van der Waals surface area (Å²) in [5, 5.41) is 9.75. The number of nitrogens with zero attached hydrogens (tertiary/aromatic N) is 1. The smallest absolute Gasteiger partial charge is 0.384 e. The number of carbonyl (C=O) groups is 2. The fraction of sp³-hybridized carbons (Fsp3) is 0.160. The number of carbonyl (C=O) groups excluding carboxylic acids is 2. The molecule has 0 atom stereocenters. The highest BCUT2D eigenvalue weighted by Crippen LogP contribution is 2.28. The zero-order valence-electron chi connectivity index (χ0n) is 19.5. The minimum absolute atomic E-state index is 0.110. The van der Waals surface area contributed by atoms with Gasteiger partial charge in [0.15, 0.2) is 9.84 Å². The molecule has 0 aliphatic heterocycles. The zero-order valence-corrected chi connectivity index (χ0v) is 20.4. The van der Waals surface area contributed by atoms with Crippen molar-refractivity contribution in [3.8, 4) is 11.1 Å². The van der Waals surface area contributed by atoms with Gasteiger partial charge >= 0.3 is 18.0 Å². The second-order valence-corrected chi connectivity index (χ2v) is 10.2. The van der Waals surface area contributed by atoms with E-state index in [9.17, 15) is 31.2 Å². The molecule has 0 spiro atoms. The molecule has 0 saturated carbocycles. The Morgan fingerprint density at radius 3 is 2.24 bits per heavy atom. The van der Waals surface area contributed by atoms with Gasteiger partial charge in [-0.25, -0.2) is 8.42 Å². The molecule has 0 saturated heterocycles. The SMILES string of the molecule is CS(=O)(=O)c1ccccc1-c1ccc(NC(=O)C(=O)N(Cc2cccc(C(=N)N)c2)CC(F)(F)F)cc1. The monoisotopic (exact) mass is 532 g/mol. The summed E-state index contributed by atoms with van der Waals surface area (Å²) in [7, 11) is -3.51. The first-order valence-corrected chi connectivity index (χ1v) is 12.6. The Kier molecular flexibility index (Phi) is 8.02. The van der Waals surface area contributed by atoms with Crippen LogP contribution in [0.15, 0.2) is 77.7 Å². The van der Waals surface area contributed by atoms with Crippen LogP contribution in [0.2, 0.25) is 0 Å². The lowest BCUT2D eigenvalue weighted by Crippen LogP contribution is -2.44. The van der Waals surface area contributed by atoms with Crippen LogP contribution in [0.3, 0.4) is 0 Å². The maximum atomic E-state index is 13.2. The molecule has 0 aliphatic carbocycles. The Labute approximate surface area is 211 Å². The summed E-state index contributed by atoms with van der Waals surface area (Å²) >= 11 is 0. The highest BCUT2D eigenvalue weighted by molar-refractivity contribution is 7.90. The van der Waals surface area contributed by atoms with Crippen molar-refractivity contribution in [2.75, 3.05) is 18.1 Å². The minimum atomic E-state index is -4.76. The van der Waals surface area contributed by atoms with E-state index in [1.807, 2.05) is 0 Å². The van der Waals surface area contributed by atoms with Gasteiger partial charge in [0.25, 0.3) is 0 Å². The van der Waals surface area contributed by atoms with Crippen molar-refractivity contribution in [2.24, 2.45) is 5.73 Å². The van der Waals surface area contributed by atoms with Crippen molar-refractivity contribution < 1.29 is 31.2 Å². The fourth-order valence-corrected chi connectivity index (χ4v) is 4.47. The number of sulfone groups is 1. The predicted molar refractivity (Wildman–Crippen MR) is 133 cm³/mol. The molecule has 0 fully saturated rings. The molecule has 3 aromatic carbocycles. The van der Waals surface area contributed by atoms with E-state index in [1.165, 1.54) is 54.6 Å². The zero-order chi connectivity index (χ0) is 27.4. The average molecular weight is 533 g/mol. The standard InChI is InChI=1S/C25H23F3N4O4S/c1-37(35,36)21-8-3-2-7-20(21)17-9-11-19(12-10-17)31-23(33)24(34)32(15-25(26,27)28)14-16-5-4-6-18(13-16)22(29)30/h2-13H,14-15H2,1H3,(H3,29,30)(H,31,33). The van der Waals surface area contributed by atoms with E-state index in [1.54, 1.807) is 18.2 Å². The number of hydrogen-bond donors (Lipinski definition) is 3. The van der Waals surface area contributed by atoms with Crippen molar-refractivity contribution >= 4 is 33.2 Å². The summed E-state index contributed by atoms with van der Waals surface area (Å²) in [6.45, 7) is -2.20. The molecule has 2 amide bonds. The van der Waals surface area contributed by atoms with Gasteiger partial charge in [0.05, 0.1) is 4.90 Å². The van der Waals surface area contributed by atoms with Gasteiger partial charge in [0.2, 0.25) is 0 Å². The number of halogens is 3. The molecule has 3 aromatic rings. The van der Waals surface area contributed by atoms with E-state index >= 15 is 0 Å². The lowest BCUT2D eigenvalue weighted by molar-refractivity contribution is -0.164.